The number of benzene rings is 2. The molecule has 0 fully saturated rings. The number of hydrogen-bond donors (Lipinski definition) is 1. The number of nitro groups is 1. The highest BCUT2D eigenvalue weighted by Gasteiger charge is 2.32. The van der Waals surface area contributed by atoms with E-state index >= 15 is 0 Å². The van der Waals surface area contributed by atoms with Crippen LogP contribution in [0.1, 0.15) is 45.7 Å². The van der Waals surface area contributed by atoms with E-state index < -0.39 is 28.0 Å². The molecule has 0 atom stereocenters. The number of nitrogens with zero attached hydrogens (tertiary/aromatic N) is 3. The van der Waals surface area contributed by atoms with Crippen LogP contribution in [0.4, 0.5) is 11.4 Å². The van der Waals surface area contributed by atoms with Gasteiger partial charge < -0.3 is 15.2 Å². The van der Waals surface area contributed by atoms with Gasteiger partial charge in [0.05, 0.1) is 46.1 Å². The summed E-state index contributed by atoms with van der Waals surface area (Å²) in [6.45, 7) is 2.99. The van der Waals surface area contributed by atoms with Crippen molar-refractivity contribution >= 4 is 23.3 Å². The van der Waals surface area contributed by atoms with Gasteiger partial charge >= 0.3 is 11.9 Å². The zero-order valence-corrected chi connectivity index (χ0v) is 16.1. The van der Waals surface area contributed by atoms with Crippen molar-refractivity contribution in [3.8, 4) is 23.3 Å². The summed E-state index contributed by atoms with van der Waals surface area (Å²) in [6.07, 6.45) is 0. The average Bonchev–Trinajstić information content (AvgIpc) is 2.73. The number of rotatable bonds is 6. The van der Waals surface area contributed by atoms with Gasteiger partial charge in [-0.2, -0.15) is 10.5 Å². The Hall–Kier alpha value is -4.44. The summed E-state index contributed by atoms with van der Waals surface area (Å²) < 4.78 is 10.0. The molecule has 30 heavy (non-hydrogen) atoms. The van der Waals surface area contributed by atoms with Crippen molar-refractivity contribution in [2.75, 3.05) is 18.9 Å². The van der Waals surface area contributed by atoms with E-state index in [1.807, 2.05) is 6.07 Å². The van der Waals surface area contributed by atoms with Crippen LogP contribution in [0.25, 0.3) is 11.1 Å². The van der Waals surface area contributed by atoms with Gasteiger partial charge in [-0.15, -0.1) is 0 Å². The van der Waals surface area contributed by atoms with Crippen LogP contribution in [0, 0.1) is 32.8 Å². The second kappa shape index (κ2) is 9.17. The van der Waals surface area contributed by atoms with Gasteiger partial charge in [-0.05, 0) is 31.5 Å². The molecular weight excluding hydrogens is 392 g/mol. The Morgan fingerprint density at radius 3 is 1.93 bits per heavy atom. The molecule has 0 aliphatic carbocycles. The third-order valence-corrected chi connectivity index (χ3v) is 4.09. The minimum atomic E-state index is -0.989. The first-order valence-electron chi connectivity index (χ1n) is 8.70. The first-order valence-corrected chi connectivity index (χ1v) is 8.70. The molecule has 0 unspecified atom stereocenters. The fourth-order valence-corrected chi connectivity index (χ4v) is 2.85. The SMILES string of the molecule is CCOC(=O)c1c(C#N)c(N)c(C#N)c(-c2ccc([N+](=O)[O-])cc2)c1C(=O)OCC. The normalized spacial score (nSPS) is 9.87. The predicted molar refractivity (Wildman–Crippen MR) is 104 cm³/mol. The third-order valence-electron chi connectivity index (χ3n) is 4.09. The molecule has 10 heteroatoms. The van der Waals surface area contributed by atoms with Crippen LogP contribution < -0.4 is 5.73 Å². The van der Waals surface area contributed by atoms with Crippen LogP contribution in [0.15, 0.2) is 24.3 Å². The Morgan fingerprint density at radius 2 is 1.50 bits per heavy atom. The smallest absolute Gasteiger partial charge is 0.340 e. The molecule has 0 aliphatic rings. The van der Waals surface area contributed by atoms with E-state index in [0.29, 0.717) is 0 Å². The summed E-state index contributed by atoms with van der Waals surface area (Å²) in [5, 5.41) is 30.2. The van der Waals surface area contributed by atoms with Crippen LogP contribution in [-0.2, 0) is 9.47 Å². The van der Waals surface area contributed by atoms with E-state index in [0.717, 1.165) is 0 Å². The molecule has 2 aromatic carbocycles. The molecule has 0 radical (unpaired) electrons. The second-order valence-electron chi connectivity index (χ2n) is 5.76. The van der Waals surface area contributed by atoms with Crippen LogP contribution in [0.2, 0.25) is 0 Å². The van der Waals surface area contributed by atoms with Crippen molar-refractivity contribution in [3.63, 3.8) is 0 Å². The Morgan fingerprint density at radius 1 is 1.00 bits per heavy atom. The molecule has 0 saturated carbocycles. The monoisotopic (exact) mass is 408 g/mol. The molecule has 2 aromatic rings. The highest BCUT2D eigenvalue weighted by atomic mass is 16.6. The largest absolute Gasteiger partial charge is 0.462 e. The predicted octanol–water partition coefficient (Wildman–Crippen LogP) is 2.94. The summed E-state index contributed by atoms with van der Waals surface area (Å²) in [5.74, 6) is -1.96. The van der Waals surface area contributed by atoms with Gasteiger partial charge in [0.2, 0.25) is 0 Å². The molecule has 2 N–H and O–H groups in total. The molecule has 0 saturated heterocycles. The van der Waals surface area contributed by atoms with Crippen LogP contribution in [0.3, 0.4) is 0 Å². The van der Waals surface area contributed by atoms with E-state index in [2.05, 4.69) is 0 Å². The van der Waals surface area contributed by atoms with Crippen LogP contribution >= 0.6 is 0 Å². The van der Waals surface area contributed by atoms with E-state index in [9.17, 15) is 30.2 Å². The number of carbonyl (C=O) groups is 2. The van der Waals surface area contributed by atoms with Crippen molar-refractivity contribution in [2.24, 2.45) is 0 Å². The highest BCUT2D eigenvalue weighted by Crippen LogP contribution is 2.38. The Bertz CT molecular complexity index is 1110. The van der Waals surface area contributed by atoms with Gasteiger partial charge in [-0.25, -0.2) is 9.59 Å². The summed E-state index contributed by atoms with van der Waals surface area (Å²) in [7, 11) is 0. The van der Waals surface area contributed by atoms with Crippen LogP contribution in [0.5, 0.6) is 0 Å². The molecule has 0 heterocycles. The van der Waals surface area contributed by atoms with Crippen molar-refractivity contribution in [3.05, 3.63) is 56.6 Å². The fraction of sp³-hybridized carbons (Fsp3) is 0.200. The second-order valence-corrected chi connectivity index (χ2v) is 5.76. The number of ether oxygens (including phenoxy) is 2. The molecule has 0 aromatic heterocycles. The van der Waals surface area contributed by atoms with E-state index in [1.165, 1.54) is 31.2 Å². The summed E-state index contributed by atoms with van der Waals surface area (Å²) >= 11 is 0. The lowest BCUT2D eigenvalue weighted by Crippen LogP contribution is -2.20. The zero-order chi connectivity index (χ0) is 22.4. The molecule has 0 aliphatic heterocycles. The van der Waals surface area contributed by atoms with Gasteiger partial charge in [0, 0.05) is 17.7 Å². The molecule has 152 valence electrons. The van der Waals surface area contributed by atoms with E-state index in [1.54, 1.807) is 13.0 Å². The summed E-state index contributed by atoms with van der Waals surface area (Å²) in [4.78, 5) is 35.8. The van der Waals surface area contributed by atoms with Crippen molar-refractivity contribution < 1.29 is 24.0 Å². The number of carbonyl (C=O) groups excluding carboxylic acids is 2. The average molecular weight is 408 g/mol. The van der Waals surface area contributed by atoms with E-state index in [4.69, 9.17) is 15.2 Å². The third kappa shape index (κ3) is 3.88. The lowest BCUT2D eigenvalue weighted by atomic mass is 9.86. The van der Waals surface area contributed by atoms with E-state index in [-0.39, 0.29) is 46.8 Å². The van der Waals surface area contributed by atoms with Gasteiger partial charge in [0.15, 0.2) is 0 Å². The number of nitrogens with two attached hydrogens (primary N) is 1. The molecule has 10 nitrogen and oxygen atoms in total. The maximum absolute atomic E-state index is 12.8. The maximum Gasteiger partial charge on any atom is 0.340 e. The van der Waals surface area contributed by atoms with Gasteiger partial charge in [-0.1, -0.05) is 0 Å². The number of esters is 2. The quantitative estimate of drug-likeness (QED) is 0.326. The number of nitriles is 2. The Labute approximate surface area is 171 Å². The lowest BCUT2D eigenvalue weighted by molar-refractivity contribution is -0.384. The van der Waals surface area contributed by atoms with Gasteiger partial charge in [0.25, 0.3) is 5.69 Å². The highest BCUT2D eigenvalue weighted by molar-refractivity contribution is 6.12. The first-order chi connectivity index (χ1) is 14.3. The Balaban J connectivity index is 3.03. The number of non-ortho nitro benzene ring substituents is 1. The van der Waals surface area contributed by atoms with Gasteiger partial charge in [-0.3, -0.25) is 10.1 Å². The lowest BCUT2D eigenvalue weighted by Gasteiger charge is -2.18. The number of anilines is 1. The molecule has 0 bridgehead atoms. The number of nitrogen functional groups attached to an aromatic ring is 1. The maximum atomic E-state index is 12.8. The van der Waals surface area contributed by atoms with Crippen molar-refractivity contribution in [1.29, 1.82) is 10.5 Å². The molecular formula is C20H16N4O6. The first kappa shape index (κ1) is 21.9. The molecule has 0 spiro atoms. The standard InChI is InChI=1S/C20H16N4O6/c1-3-29-19(25)16-14(10-22)18(23)13(9-21)15(17(16)20(26)30-4-2)11-5-7-12(8-6-11)24(27)28/h5-8H,3-4,23H2,1-2H3. The summed E-state index contributed by atoms with van der Waals surface area (Å²) in [6, 6.07) is 8.53. The van der Waals surface area contributed by atoms with Gasteiger partial charge in [0.1, 0.15) is 12.1 Å². The molecule has 0 amide bonds. The zero-order valence-electron chi connectivity index (χ0n) is 16.1. The number of hydrogen-bond acceptors (Lipinski definition) is 9. The van der Waals surface area contributed by atoms with Crippen molar-refractivity contribution in [1.82, 2.24) is 0 Å². The van der Waals surface area contributed by atoms with Crippen LogP contribution in [-0.4, -0.2) is 30.1 Å². The molecule has 2 rings (SSSR count). The minimum absolute atomic E-state index is 0.0429. The number of nitro benzene ring substituents is 1. The Kier molecular flexibility index (Phi) is 6.68. The minimum Gasteiger partial charge on any atom is -0.462 e. The summed E-state index contributed by atoms with van der Waals surface area (Å²) in [5.41, 5.74) is 4.14. The van der Waals surface area contributed by atoms with Crippen molar-refractivity contribution in [2.45, 2.75) is 13.8 Å². The fourth-order valence-electron chi connectivity index (χ4n) is 2.85. The topological polar surface area (TPSA) is 169 Å².